The molecule has 4 aromatic rings. The van der Waals surface area contributed by atoms with Crippen molar-refractivity contribution in [1.82, 2.24) is 0 Å². The van der Waals surface area contributed by atoms with Gasteiger partial charge in [0, 0.05) is 0 Å². The number of hydrogen-bond donors (Lipinski definition) is 3. The maximum atomic E-state index is 10.8. The van der Waals surface area contributed by atoms with Crippen molar-refractivity contribution in [2.45, 2.75) is 11.8 Å². The Morgan fingerprint density at radius 1 is 0.649 bits per heavy atom. The van der Waals surface area contributed by atoms with E-state index in [1.807, 2.05) is 0 Å². The van der Waals surface area contributed by atoms with Gasteiger partial charge < -0.3 is 10.2 Å². The molecule has 0 aliphatic heterocycles. The summed E-state index contributed by atoms with van der Waals surface area (Å²) < 4.78 is 30.2. The zero-order valence-electron chi connectivity index (χ0n) is 20.0. The van der Waals surface area contributed by atoms with Gasteiger partial charge in [-0.15, -0.1) is 0 Å². The molecule has 3 N–H and O–H groups in total. The van der Waals surface area contributed by atoms with Gasteiger partial charge in [-0.05, 0) is 18.2 Å². The molecule has 0 spiro atoms. The fourth-order valence-electron chi connectivity index (χ4n) is 4.28. The van der Waals surface area contributed by atoms with Crippen LogP contribution < -0.4 is 15.9 Å². The smallest absolute Gasteiger partial charge is 0.335 e. The molecule has 0 aliphatic carbocycles. The van der Waals surface area contributed by atoms with E-state index < -0.39 is 45.3 Å². The SMILES string of the molecule is CC[PH](c1ccccc1)(c1ccccc1)c1ccccc1.O=C(O)c1cc(C(=O)O)cc(S(=O)(=O)O)c1. The van der Waals surface area contributed by atoms with Gasteiger partial charge in [0.15, 0.2) is 0 Å². The van der Waals surface area contributed by atoms with Gasteiger partial charge in [-0.1, -0.05) is 0 Å². The minimum Gasteiger partial charge on any atom is -0.478 e. The van der Waals surface area contributed by atoms with Crippen molar-refractivity contribution in [3.63, 3.8) is 0 Å². The average Bonchev–Trinajstić information content (AvgIpc) is 2.91. The molecule has 9 heteroatoms. The maximum Gasteiger partial charge on any atom is 0.335 e. The first-order valence-corrected chi connectivity index (χ1v) is 15.0. The molecule has 192 valence electrons. The second-order valence-corrected chi connectivity index (χ2v) is 13.9. The van der Waals surface area contributed by atoms with Crippen molar-refractivity contribution < 1.29 is 32.8 Å². The first kappa shape index (κ1) is 27.7. The Bertz CT molecular complexity index is 1340. The van der Waals surface area contributed by atoms with Crippen LogP contribution in [-0.4, -0.2) is 41.3 Å². The van der Waals surface area contributed by atoms with Crippen LogP contribution >= 0.6 is 7.26 Å². The molecule has 0 atom stereocenters. The second-order valence-electron chi connectivity index (χ2n) is 8.19. The first-order valence-electron chi connectivity index (χ1n) is 11.4. The summed E-state index contributed by atoms with van der Waals surface area (Å²) in [4.78, 5) is 20.4. The molecule has 4 rings (SSSR count). The largest absolute Gasteiger partial charge is 0.478 e. The summed E-state index contributed by atoms with van der Waals surface area (Å²) in [5, 5.41) is 21.7. The number of rotatable bonds is 7. The summed E-state index contributed by atoms with van der Waals surface area (Å²) in [6.07, 6.45) is 1.17. The van der Waals surface area contributed by atoms with Crippen molar-refractivity contribution in [1.29, 1.82) is 0 Å². The van der Waals surface area contributed by atoms with E-state index >= 15 is 0 Å². The minimum absolute atomic E-state index is 0.535. The molecule has 0 amide bonds. The molecular formula is C28H27O7PS. The molecular weight excluding hydrogens is 511 g/mol. The van der Waals surface area contributed by atoms with Gasteiger partial charge in [0.25, 0.3) is 10.1 Å². The summed E-state index contributed by atoms with van der Waals surface area (Å²) in [5.41, 5.74) is -1.07. The van der Waals surface area contributed by atoms with Crippen LogP contribution in [-0.2, 0) is 10.1 Å². The van der Waals surface area contributed by atoms with Gasteiger partial charge in [-0.2, -0.15) is 8.42 Å². The first-order chi connectivity index (χ1) is 17.6. The van der Waals surface area contributed by atoms with E-state index in [1.54, 1.807) is 0 Å². The van der Waals surface area contributed by atoms with Crippen LogP contribution in [0.2, 0.25) is 0 Å². The molecule has 0 bridgehead atoms. The zero-order valence-corrected chi connectivity index (χ0v) is 21.8. The Kier molecular flexibility index (Phi) is 8.95. The third-order valence-electron chi connectivity index (χ3n) is 6.03. The molecule has 0 saturated carbocycles. The third kappa shape index (κ3) is 6.49. The van der Waals surface area contributed by atoms with Crippen LogP contribution in [0.5, 0.6) is 0 Å². The predicted octanol–water partition coefficient (Wildman–Crippen LogP) is 4.06. The van der Waals surface area contributed by atoms with Gasteiger partial charge in [0.05, 0.1) is 16.0 Å². The second kappa shape index (κ2) is 11.9. The fraction of sp³-hybridized carbons (Fsp3) is 0.0714. The van der Waals surface area contributed by atoms with Gasteiger partial charge in [-0.3, -0.25) is 4.55 Å². The number of carboxylic acid groups (broad SMARTS) is 2. The van der Waals surface area contributed by atoms with Gasteiger partial charge >= 0.3 is 139 Å². The summed E-state index contributed by atoms with van der Waals surface area (Å²) in [6.45, 7) is 2.33. The Balaban J connectivity index is 0.000000214. The normalized spacial score (nSPS) is 11.6. The van der Waals surface area contributed by atoms with Crippen LogP contribution in [0.1, 0.15) is 27.6 Å². The molecule has 0 aromatic heterocycles. The van der Waals surface area contributed by atoms with Crippen molar-refractivity contribution in [2.24, 2.45) is 0 Å². The van der Waals surface area contributed by atoms with Crippen LogP contribution in [0.3, 0.4) is 0 Å². The Hall–Kier alpha value is -3.84. The summed E-state index contributed by atoms with van der Waals surface area (Å²) in [5.74, 6) is -2.99. The summed E-state index contributed by atoms with van der Waals surface area (Å²) in [6, 6.07) is 35.2. The molecule has 0 fully saturated rings. The molecule has 0 saturated heterocycles. The maximum absolute atomic E-state index is 10.8. The molecule has 0 heterocycles. The number of carbonyl (C=O) groups is 2. The number of aromatic carboxylic acids is 2. The standard InChI is InChI=1S/C20H21P.C8H6O7S/c1-2-21(18-12-6-3-7-13-18,19-14-8-4-9-15-19)20-16-10-5-11-17-20;9-7(10)4-1-5(8(11)12)3-6(2-4)16(13,14)15/h3-17,21H,2H2,1H3;1-3H,(H,9,10)(H,11,12)(H,13,14,15). The topological polar surface area (TPSA) is 129 Å². The quantitative estimate of drug-likeness (QED) is 0.239. The minimum atomic E-state index is -4.64. The Morgan fingerprint density at radius 3 is 1.22 bits per heavy atom. The average molecular weight is 539 g/mol. The van der Waals surface area contributed by atoms with Crippen LogP contribution in [0, 0.1) is 0 Å². The van der Waals surface area contributed by atoms with E-state index in [-0.39, 0.29) is 0 Å². The van der Waals surface area contributed by atoms with E-state index in [4.69, 9.17) is 14.8 Å². The number of benzene rings is 4. The van der Waals surface area contributed by atoms with E-state index in [0.29, 0.717) is 12.1 Å². The molecule has 0 aliphatic rings. The van der Waals surface area contributed by atoms with Gasteiger partial charge in [0.2, 0.25) is 0 Å². The summed E-state index contributed by atoms with van der Waals surface area (Å²) >= 11 is 0. The predicted molar refractivity (Wildman–Crippen MR) is 147 cm³/mol. The molecule has 0 radical (unpaired) electrons. The third-order valence-corrected chi connectivity index (χ3v) is 11.9. The van der Waals surface area contributed by atoms with Crippen molar-refractivity contribution in [3.05, 3.63) is 120 Å². The molecule has 0 unspecified atom stereocenters. The van der Waals surface area contributed by atoms with Gasteiger partial charge in [-0.25, -0.2) is 9.59 Å². The fourth-order valence-corrected chi connectivity index (χ4v) is 9.34. The van der Waals surface area contributed by atoms with Crippen LogP contribution in [0.25, 0.3) is 0 Å². The Labute approximate surface area is 216 Å². The molecule has 37 heavy (non-hydrogen) atoms. The zero-order chi connectivity index (χ0) is 27.1. The van der Waals surface area contributed by atoms with E-state index in [0.717, 1.165) is 6.07 Å². The number of hydrogen-bond acceptors (Lipinski definition) is 4. The Morgan fingerprint density at radius 2 is 0.973 bits per heavy atom. The monoisotopic (exact) mass is 538 g/mol. The van der Waals surface area contributed by atoms with Gasteiger partial charge in [0.1, 0.15) is 0 Å². The van der Waals surface area contributed by atoms with E-state index in [1.165, 1.54) is 22.1 Å². The van der Waals surface area contributed by atoms with Crippen LogP contribution in [0.15, 0.2) is 114 Å². The van der Waals surface area contributed by atoms with Crippen molar-refractivity contribution in [2.75, 3.05) is 6.16 Å². The van der Waals surface area contributed by atoms with E-state index in [2.05, 4.69) is 97.9 Å². The molecule has 7 nitrogen and oxygen atoms in total. The molecule has 4 aromatic carbocycles. The van der Waals surface area contributed by atoms with Crippen molar-refractivity contribution >= 4 is 45.2 Å². The van der Waals surface area contributed by atoms with Crippen LogP contribution in [0.4, 0.5) is 0 Å². The van der Waals surface area contributed by atoms with Crippen molar-refractivity contribution in [3.8, 4) is 0 Å². The number of carboxylic acids is 2. The van der Waals surface area contributed by atoms with E-state index in [9.17, 15) is 18.0 Å². The summed E-state index contributed by atoms with van der Waals surface area (Å²) in [7, 11) is -6.54.